The predicted molar refractivity (Wildman–Crippen MR) is 75.3 cm³/mol. The first-order chi connectivity index (χ1) is 10.3. The van der Waals surface area contributed by atoms with E-state index in [2.05, 4.69) is 25.8 Å². The molecular weight excluding hydrogens is 268 g/mol. The Bertz CT molecular complexity index is 705. The van der Waals surface area contributed by atoms with E-state index in [1.54, 1.807) is 6.20 Å². The number of nitrogens with one attached hydrogen (secondary N) is 2. The number of benzene rings is 1. The highest BCUT2D eigenvalue weighted by Gasteiger charge is 2.09. The third-order valence-electron chi connectivity index (χ3n) is 3.10. The minimum absolute atomic E-state index is 0.252. The van der Waals surface area contributed by atoms with Crippen molar-refractivity contribution in [3.63, 3.8) is 0 Å². The molecule has 0 unspecified atom stereocenters. The van der Waals surface area contributed by atoms with Gasteiger partial charge in [-0.15, -0.1) is 0 Å². The number of H-pyrrole nitrogens is 1. The molecule has 0 spiro atoms. The number of nitrogens with zero attached hydrogens (tertiary/aromatic N) is 4. The second-order valence-corrected chi connectivity index (χ2v) is 4.51. The molecule has 0 aliphatic carbocycles. The summed E-state index contributed by atoms with van der Waals surface area (Å²) in [7, 11) is 0. The Morgan fingerprint density at radius 2 is 2.10 bits per heavy atom. The van der Waals surface area contributed by atoms with E-state index in [1.807, 2.05) is 41.2 Å². The summed E-state index contributed by atoms with van der Waals surface area (Å²) in [4.78, 5) is 11.9. The van der Waals surface area contributed by atoms with Gasteiger partial charge in [-0.2, -0.15) is 20.5 Å². The van der Waals surface area contributed by atoms with E-state index in [1.165, 1.54) is 6.20 Å². The molecule has 21 heavy (non-hydrogen) atoms. The Morgan fingerprint density at radius 3 is 2.81 bits per heavy atom. The fourth-order valence-corrected chi connectivity index (χ4v) is 2.03. The minimum Gasteiger partial charge on any atom is -0.347 e. The molecule has 106 valence electrons. The summed E-state index contributed by atoms with van der Waals surface area (Å²) in [5.41, 5.74) is 2.44. The van der Waals surface area contributed by atoms with Crippen molar-refractivity contribution in [2.45, 2.75) is 13.1 Å². The summed E-state index contributed by atoms with van der Waals surface area (Å²) >= 11 is 0. The van der Waals surface area contributed by atoms with Gasteiger partial charge in [-0.05, 0) is 17.2 Å². The van der Waals surface area contributed by atoms with Crippen LogP contribution in [0.1, 0.15) is 21.6 Å². The minimum atomic E-state index is -0.252. The quantitative estimate of drug-likeness (QED) is 0.730. The number of hydrogen-bond donors (Lipinski definition) is 2. The Balaban J connectivity index is 1.69. The summed E-state index contributed by atoms with van der Waals surface area (Å²) in [6, 6.07) is 9.82. The summed E-state index contributed by atoms with van der Waals surface area (Å²) in [5.74, 6) is -0.252. The third-order valence-corrected chi connectivity index (χ3v) is 3.10. The van der Waals surface area contributed by atoms with Crippen molar-refractivity contribution < 1.29 is 4.79 Å². The number of rotatable bonds is 5. The highest BCUT2D eigenvalue weighted by molar-refractivity contribution is 5.91. The van der Waals surface area contributed by atoms with Crippen LogP contribution in [0.25, 0.3) is 0 Å². The number of amides is 1. The maximum atomic E-state index is 11.9. The third kappa shape index (κ3) is 3.14. The van der Waals surface area contributed by atoms with Crippen LogP contribution in [0.3, 0.4) is 0 Å². The molecule has 0 radical (unpaired) electrons. The number of carbonyl (C=O) groups excluding carboxylic acids is 1. The summed E-state index contributed by atoms with van der Waals surface area (Å²) in [5, 5.41) is 16.8. The maximum Gasteiger partial charge on any atom is 0.273 e. The van der Waals surface area contributed by atoms with Gasteiger partial charge in [-0.3, -0.25) is 9.48 Å². The SMILES string of the molecule is O=C(NCc1ccccc1Cn1cccn1)c1cn[nH]n1. The van der Waals surface area contributed by atoms with Crippen LogP contribution in [-0.2, 0) is 13.1 Å². The molecule has 0 saturated heterocycles. The molecule has 0 bridgehead atoms. The van der Waals surface area contributed by atoms with Gasteiger partial charge in [0.25, 0.3) is 5.91 Å². The van der Waals surface area contributed by atoms with Gasteiger partial charge in [-0.25, -0.2) is 0 Å². The van der Waals surface area contributed by atoms with Gasteiger partial charge >= 0.3 is 0 Å². The molecule has 0 aliphatic rings. The van der Waals surface area contributed by atoms with E-state index >= 15 is 0 Å². The first kappa shape index (κ1) is 13.0. The first-order valence-electron chi connectivity index (χ1n) is 6.51. The van der Waals surface area contributed by atoms with Gasteiger partial charge in [0.1, 0.15) is 0 Å². The zero-order valence-electron chi connectivity index (χ0n) is 11.2. The zero-order valence-corrected chi connectivity index (χ0v) is 11.2. The lowest BCUT2D eigenvalue weighted by Gasteiger charge is -2.10. The average molecular weight is 282 g/mol. The molecular formula is C14H14N6O. The van der Waals surface area contributed by atoms with Gasteiger partial charge in [0, 0.05) is 18.9 Å². The first-order valence-corrected chi connectivity index (χ1v) is 6.51. The van der Waals surface area contributed by atoms with Gasteiger partial charge in [-0.1, -0.05) is 24.3 Å². The smallest absolute Gasteiger partial charge is 0.273 e. The van der Waals surface area contributed by atoms with Crippen LogP contribution in [0.4, 0.5) is 0 Å². The average Bonchev–Trinajstić information content (AvgIpc) is 3.19. The van der Waals surface area contributed by atoms with Gasteiger partial charge in [0.05, 0.1) is 12.7 Å². The molecule has 3 rings (SSSR count). The van der Waals surface area contributed by atoms with E-state index in [0.29, 0.717) is 13.1 Å². The molecule has 3 aromatic rings. The molecule has 2 N–H and O–H groups in total. The lowest BCUT2D eigenvalue weighted by molar-refractivity contribution is 0.0946. The van der Waals surface area contributed by atoms with Crippen LogP contribution in [0.5, 0.6) is 0 Å². The van der Waals surface area contributed by atoms with Crippen LogP contribution in [-0.4, -0.2) is 31.1 Å². The van der Waals surface area contributed by atoms with E-state index in [0.717, 1.165) is 11.1 Å². The van der Waals surface area contributed by atoms with E-state index in [4.69, 9.17) is 0 Å². The second-order valence-electron chi connectivity index (χ2n) is 4.51. The van der Waals surface area contributed by atoms with Crippen molar-refractivity contribution in [1.29, 1.82) is 0 Å². The van der Waals surface area contributed by atoms with Gasteiger partial charge in [0.2, 0.25) is 0 Å². The monoisotopic (exact) mass is 282 g/mol. The molecule has 2 heterocycles. The second kappa shape index (κ2) is 6.00. The molecule has 0 atom stereocenters. The molecule has 0 saturated carbocycles. The zero-order chi connectivity index (χ0) is 14.5. The fourth-order valence-electron chi connectivity index (χ4n) is 2.03. The molecule has 1 amide bonds. The van der Waals surface area contributed by atoms with Crippen LogP contribution in [0.2, 0.25) is 0 Å². The van der Waals surface area contributed by atoms with Gasteiger partial charge in [0.15, 0.2) is 5.69 Å². The van der Waals surface area contributed by atoms with Crippen molar-refractivity contribution in [3.8, 4) is 0 Å². The number of carbonyl (C=O) groups is 1. The van der Waals surface area contributed by atoms with E-state index < -0.39 is 0 Å². The normalized spacial score (nSPS) is 10.5. The molecule has 0 aliphatic heterocycles. The molecule has 7 heteroatoms. The highest BCUT2D eigenvalue weighted by atomic mass is 16.1. The van der Waals surface area contributed by atoms with Crippen LogP contribution in [0.15, 0.2) is 48.9 Å². The van der Waals surface area contributed by atoms with Crippen molar-refractivity contribution >= 4 is 5.91 Å². The molecule has 0 fully saturated rings. The fraction of sp³-hybridized carbons (Fsp3) is 0.143. The van der Waals surface area contributed by atoms with Gasteiger partial charge < -0.3 is 5.32 Å². The molecule has 2 aromatic heterocycles. The van der Waals surface area contributed by atoms with Crippen molar-refractivity contribution in [2.24, 2.45) is 0 Å². The van der Waals surface area contributed by atoms with Crippen molar-refractivity contribution in [3.05, 3.63) is 65.7 Å². The maximum absolute atomic E-state index is 11.9. The topological polar surface area (TPSA) is 88.5 Å². The molecule has 7 nitrogen and oxygen atoms in total. The Hall–Kier alpha value is -2.96. The summed E-state index contributed by atoms with van der Waals surface area (Å²) in [6.07, 6.45) is 5.05. The Morgan fingerprint density at radius 1 is 1.24 bits per heavy atom. The Labute approximate surface area is 121 Å². The van der Waals surface area contributed by atoms with Crippen LogP contribution in [0, 0.1) is 0 Å². The van der Waals surface area contributed by atoms with Crippen molar-refractivity contribution in [1.82, 2.24) is 30.5 Å². The summed E-state index contributed by atoms with van der Waals surface area (Å²) < 4.78 is 1.85. The van der Waals surface area contributed by atoms with Crippen molar-refractivity contribution in [2.75, 3.05) is 0 Å². The highest BCUT2D eigenvalue weighted by Crippen LogP contribution is 2.10. The van der Waals surface area contributed by atoms with Crippen LogP contribution >= 0.6 is 0 Å². The Kier molecular flexibility index (Phi) is 3.72. The van der Waals surface area contributed by atoms with E-state index in [-0.39, 0.29) is 11.6 Å². The standard InChI is InChI=1S/C14H14N6O/c21-14(13-9-16-19-18-13)15-8-11-4-1-2-5-12(11)10-20-7-3-6-17-20/h1-7,9H,8,10H2,(H,15,21)(H,16,18,19). The van der Waals surface area contributed by atoms with Crippen LogP contribution < -0.4 is 5.32 Å². The number of aromatic amines is 1. The van der Waals surface area contributed by atoms with E-state index in [9.17, 15) is 4.79 Å². The summed E-state index contributed by atoms with van der Waals surface area (Å²) in [6.45, 7) is 1.10. The lowest BCUT2D eigenvalue weighted by Crippen LogP contribution is -2.24. The number of aromatic nitrogens is 5. The molecule has 1 aromatic carbocycles. The lowest BCUT2D eigenvalue weighted by atomic mass is 10.1. The predicted octanol–water partition coefficient (Wildman–Crippen LogP) is 0.979. The number of hydrogen-bond acceptors (Lipinski definition) is 4. The largest absolute Gasteiger partial charge is 0.347 e.